The average molecular weight is 492 g/mol. The zero-order chi connectivity index (χ0) is 24.5. The summed E-state index contributed by atoms with van der Waals surface area (Å²) >= 11 is 1.45. The predicted octanol–water partition coefficient (Wildman–Crippen LogP) is 3.91. The van der Waals surface area contributed by atoms with Gasteiger partial charge in [0.1, 0.15) is 17.1 Å². The summed E-state index contributed by atoms with van der Waals surface area (Å²) in [6.45, 7) is 0. The number of carbonyl (C=O) groups is 1. The molecule has 5 rings (SSSR count). The molecule has 0 saturated heterocycles. The van der Waals surface area contributed by atoms with Crippen LogP contribution in [0.2, 0.25) is 0 Å². The van der Waals surface area contributed by atoms with Crippen LogP contribution in [0.3, 0.4) is 0 Å². The van der Waals surface area contributed by atoms with E-state index in [-0.39, 0.29) is 11.5 Å². The van der Waals surface area contributed by atoms with E-state index in [1.165, 1.54) is 37.3 Å². The van der Waals surface area contributed by atoms with E-state index in [1.54, 1.807) is 29.8 Å². The Labute approximate surface area is 204 Å². The number of aromatic nitrogens is 5. The Bertz CT molecular complexity index is 1490. The van der Waals surface area contributed by atoms with Gasteiger partial charge in [0.2, 0.25) is 11.5 Å². The molecule has 0 spiro atoms. The first-order valence-electron chi connectivity index (χ1n) is 10.4. The summed E-state index contributed by atoms with van der Waals surface area (Å²) in [5.74, 6) is 1.79. The maximum Gasteiger partial charge on any atom is 0.233 e. The fourth-order valence-corrected chi connectivity index (χ4v) is 4.48. The fraction of sp³-hybridized carbons (Fsp3) is 0.167. The van der Waals surface area contributed by atoms with Gasteiger partial charge in [0.15, 0.2) is 22.2 Å². The summed E-state index contributed by atoms with van der Waals surface area (Å²) in [6.07, 6.45) is 3.38. The Kier molecular flexibility index (Phi) is 5.83. The third-order valence-corrected chi connectivity index (χ3v) is 6.24. The Balaban J connectivity index is 1.56. The molecular formula is C24H21N5O5S. The van der Waals surface area contributed by atoms with Crippen LogP contribution in [0, 0.1) is 0 Å². The van der Waals surface area contributed by atoms with Crippen LogP contribution in [0.5, 0.6) is 23.0 Å². The highest BCUT2D eigenvalue weighted by atomic mass is 32.1. The SMILES string of the molecule is COc1ccc(-c2nc3sccn3c2C(=O)c2cn(-c3cc(OC)c(OC)c(OC)c3)nn2)cc1. The first-order chi connectivity index (χ1) is 17.1. The number of rotatable bonds is 8. The number of ketones is 1. The lowest BCUT2D eigenvalue weighted by molar-refractivity contribution is 0.102. The second-order valence-electron chi connectivity index (χ2n) is 7.35. The van der Waals surface area contributed by atoms with Crippen LogP contribution in [0.4, 0.5) is 0 Å². The number of methoxy groups -OCH3 is 4. The van der Waals surface area contributed by atoms with Crippen molar-refractivity contribution in [2.24, 2.45) is 0 Å². The molecule has 0 unspecified atom stereocenters. The van der Waals surface area contributed by atoms with Crippen LogP contribution in [0.25, 0.3) is 21.9 Å². The average Bonchev–Trinajstić information content (AvgIpc) is 3.64. The Morgan fingerprint density at radius 2 is 1.66 bits per heavy atom. The molecule has 0 saturated carbocycles. The van der Waals surface area contributed by atoms with Gasteiger partial charge in [-0.1, -0.05) is 5.21 Å². The minimum Gasteiger partial charge on any atom is -0.497 e. The van der Waals surface area contributed by atoms with E-state index in [2.05, 4.69) is 10.3 Å². The molecule has 0 amide bonds. The van der Waals surface area contributed by atoms with Gasteiger partial charge in [-0.15, -0.1) is 16.4 Å². The maximum atomic E-state index is 13.7. The van der Waals surface area contributed by atoms with Crippen molar-refractivity contribution in [2.45, 2.75) is 0 Å². The largest absolute Gasteiger partial charge is 0.497 e. The lowest BCUT2D eigenvalue weighted by atomic mass is 10.1. The summed E-state index contributed by atoms with van der Waals surface area (Å²) < 4.78 is 24.7. The van der Waals surface area contributed by atoms with E-state index in [1.807, 2.05) is 35.8 Å². The molecule has 0 aliphatic carbocycles. The number of hydrogen-bond acceptors (Lipinski definition) is 9. The zero-order valence-corrected chi connectivity index (χ0v) is 20.2. The lowest BCUT2D eigenvalue weighted by Gasteiger charge is -2.13. The summed E-state index contributed by atoms with van der Waals surface area (Å²) in [7, 11) is 6.20. The van der Waals surface area contributed by atoms with E-state index >= 15 is 0 Å². The van der Waals surface area contributed by atoms with Gasteiger partial charge in [0, 0.05) is 29.3 Å². The standard InChI is InChI=1S/C24H21N5O5S/c1-31-16-7-5-14(6-8-16)20-21(28-9-10-35-24(28)25-20)22(30)17-13-29(27-26-17)15-11-18(32-2)23(34-4)19(12-15)33-3/h5-13H,1-4H3. The van der Waals surface area contributed by atoms with Crippen LogP contribution in [0.15, 0.2) is 54.2 Å². The monoisotopic (exact) mass is 491 g/mol. The highest BCUT2D eigenvalue weighted by molar-refractivity contribution is 7.15. The molecule has 0 atom stereocenters. The van der Waals surface area contributed by atoms with Crippen LogP contribution >= 0.6 is 11.3 Å². The van der Waals surface area contributed by atoms with Gasteiger partial charge in [-0.05, 0) is 24.3 Å². The van der Waals surface area contributed by atoms with E-state index in [0.717, 1.165) is 11.3 Å². The number of imidazole rings is 1. The second kappa shape index (κ2) is 9.11. The number of ether oxygens (including phenoxy) is 4. The molecular weight excluding hydrogens is 470 g/mol. The molecule has 0 bridgehead atoms. The third kappa shape index (κ3) is 3.85. The molecule has 11 heteroatoms. The van der Waals surface area contributed by atoms with Crippen molar-refractivity contribution in [1.29, 1.82) is 0 Å². The number of fused-ring (bicyclic) bond motifs is 1. The highest BCUT2D eigenvalue weighted by Crippen LogP contribution is 2.39. The molecule has 0 radical (unpaired) electrons. The highest BCUT2D eigenvalue weighted by Gasteiger charge is 2.25. The van der Waals surface area contributed by atoms with Gasteiger partial charge in [-0.3, -0.25) is 9.20 Å². The summed E-state index contributed by atoms with van der Waals surface area (Å²) in [5.41, 5.74) is 2.52. The van der Waals surface area contributed by atoms with E-state index < -0.39 is 0 Å². The quantitative estimate of drug-likeness (QED) is 0.301. The molecule has 3 heterocycles. The molecule has 2 aromatic carbocycles. The minimum absolute atomic E-state index is 0.168. The molecule has 0 fully saturated rings. The van der Waals surface area contributed by atoms with E-state index in [0.29, 0.717) is 39.3 Å². The molecule has 35 heavy (non-hydrogen) atoms. The summed E-state index contributed by atoms with van der Waals surface area (Å²) in [5, 5.41) is 10.2. The number of benzene rings is 2. The molecule has 3 aromatic heterocycles. The topological polar surface area (TPSA) is 102 Å². The van der Waals surface area contributed by atoms with Crippen molar-refractivity contribution in [3.63, 3.8) is 0 Å². The Morgan fingerprint density at radius 1 is 0.943 bits per heavy atom. The van der Waals surface area contributed by atoms with Crippen molar-refractivity contribution in [2.75, 3.05) is 28.4 Å². The first-order valence-corrected chi connectivity index (χ1v) is 11.3. The van der Waals surface area contributed by atoms with Crippen molar-refractivity contribution in [3.05, 3.63) is 65.6 Å². The number of hydrogen-bond donors (Lipinski definition) is 0. The first kappa shape index (κ1) is 22.4. The van der Waals surface area contributed by atoms with Crippen LogP contribution in [-0.2, 0) is 0 Å². The maximum absolute atomic E-state index is 13.7. The van der Waals surface area contributed by atoms with Crippen molar-refractivity contribution in [3.8, 4) is 39.9 Å². The van der Waals surface area contributed by atoms with Gasteiger partial charge >= 0.3 is 0 Å². The normalized spacial score (nSPS) is 11.0. The molecule has 10 nitrogen and oxygen atoms in total. The molecule has 178 valence electrons. The van der Waals surface area contributed by atoms with Crippen molar-refractivity contribution < 1.29 is 23.7 Å². The number of thiazole rings is 1. The van der Waals surface area contributed by atoms with Gasteiger partial charge < -0.3 is 18.9 Å². The zero-order valence-electron chi connectivity index (χ0n) is 19.4. The smallest absolute Gasteiger partial charge is 0.233 e. The predicted molar refractivity (Wildman–Crippen MR) is 130 cm³/mol. The van der Waals surface area contributed by atoms with Crippen molar-refractivity contribution in [1.82, 2.24) is 24.4 Å². The van der Waals surface area contributed by atoms with Gasteiger partial charge in [-0.2, -0.15) is 0 Å². The molecule has 0 aliphatic rings. The third-order valence-electron chi connectivity index (χ3n) is 5.48. The van der Waals surface area contributed by atoms with Gasteiger partial charge in [0.05, 0.1) is 40.3 Å². The minimum atomic E-state index is -0.305. The summed E-state index contributed by atoms with van der Waals surface area (Å²) in [6, 6.07) is 10.9. The number of carbonyl (C=O) groups excluding carboxylic acids is 1. The number of nitrogens with zero attached hydrogens (tertiary/aromatic N) is 5. The van der Waals surface area contributed by atoms with E-state index in [9.17, 15) is 4.79 Å². The second-order valence-corrected chi connectivity index (χ2v) is 8.23. The molecule has 5 aromatic rings. The van der Waals surface area contributed by atoms with E-state index in [4.69, 9.17) is 23.9 Å². The van der Waals surface area contributed by atoms with Crippen molar-refractivity contribution >= 4 is 22.1 Å². The summed E-state index contributed by atoms with van der Waals surface area (Å²) in [4.78, 5) is 19.1. The lowest BCUT2D eigenvalue weighted by Crippen LogP contribution is -2.07. The van der Waals surface area contributed by atoms with Crippen LogP contribution in [0.1, 0.15) is 16.2 Å². The van der Waals surface area contributed by atoms with Crippen LogP contribution < -0.4 is 18.9 Å². The van der Waals surface area contributed by atoms with Gasteiger partial charge in [-0.25, -0.2) is 9.67 Å². The van der Waals surface area contributed by atoms with Crippen LogP contribution in [-0.4, -0.2) is 58.6 Å². The molecule has 0 N–H and O–H groups in total. The fourth-order valence-electron chi connectivity index (χ4n) is 3.77. The Hall–Kier alpha value is -4.38. The Morgan fingerprint density at radius 3 is 2.29 bits per heavy atom. The van der Waals surface area contributed by atoms with Gasteiger partial charge in [0.25, 0.3) is 0 Å². The molecule has 0 aliphatic heterocycles.